The van der Waals surface area contributed by atoms with Crippen LogP contribution in [0.5, 0.6) is 5.88 Å². The van der Waals surface area contributed by atoms with Crippen LogP contribution in [0.4, 0.5) is 13.2 Å². The molecule has 37 heavy (non-hydrogen) atoms. The molecule has 1 unspecified atom stereocenters. The van der Waals surface area contributed by atoms with Crippen molar-refractivity contribution in [3.8, 4) is 18.0 Å². The van der Waals surface area contributed by atoms with Crippen molar-refractivity contribution >= 4 is 5.91 Å². The molecule has 1 amide bonds. The molecule has 7 nitrogen and oxygen atoms in total. The number of nitrogens with zero attached hydrogens (tertiary/aromatic N) is 4. The molecule has 2 aromatic carbocycles. The van der Waals surface area contributed by atoms with Crippen LogP contribution in [0.1, 0.15) is 45.1 Å². The van der Waals surface area contributed by atoms with Crippen molar-refractivity contribution in [3.63, 3.8) is 0 Å². The van der Waals surface area contributed by atoms with Gasteiger partial charge in [0, 0.05) is 31.4 Å². The number of hydrogen-bond acceptors (Lipinski definition) is 6. The van der Waals surface area contributed by atoms with Crippen LogP contribution < -0.4 is 10.1 Å². The Morgan fingerprint density at radius 1 is 1.08 bits per heavy atom. The standard InChI is InChI=1S/C27H22F3N5O2/c28-23-11-18(13-32)3-7-22(23)27(36)34-21-9-10-35(15-21)26(19-4-1-17(12-31)2-5-19)20-6-8-25(33-14-20)37-16-24(29)30/h1-8,11,14,21,24,26H,9-10,15-16H2,(H,34,36)/t21-,26?/m1/s1. The lowest BCUT2D eigenvalue weighted by molar-refractivity contribution is 0.0795. The van der Waals surface area contributed by atoms with E-state index in [9.17, 15) is 18.0 Å². The van der Waals surface area contributed by atoms with E-state index in [1.54, 1.807) is 24.4 Å². The molecule has 1 saturated heterocycles. The smallest absolute Gasteiger partial charge is 0.272 e. The first-order valence-electron chi connectivity index (χ1n) is 11.5. The van der Waals surface area contributed by atoms with E-state index in [4.69, 9.17) is 15.3 Å². The molecule has 0 aliphatic carbocycles. The summed E-state index contributed by atoms with van der Waals surface area (Å²) in [5.74, 6) is -1.24. The van der Waals surface area contributed by atoms with Gasteiger partial charge < -0.3 is 10.1 Å². The van der Waals surface area contributed by atoms with Gasteiger partial charge in [0.2, 0.25) is 5.88 Å². The summed E-state index contributed by atoms with van der Waals surface area (Å²) in [6, 6.07) is 17.4. The lowest BCUT2D eigenvalue weighted by Gasteiger charge is -2.29. The number of pyridine rings is 1. The lowest BCUT2D eigenvalue weighted by Crippen LogP contribution is -2.38. The Morgan fingerprint density at radius 2 is 1.78 bits per heavy atom. The van der Waals surface area contributed by atoms with E-state index in [-0.39, 0.29) is 29.1 Å². The molecule has 1 N–H and O–H groups in total. The predicted octanol–water partition coefficient (Wildman–Crippen LogP) is 4.20. The average Bonchev–Trinajstić information content (AvgIpc) is 3.36. The third-order valence-electron chi connectivity index (χ3n) is 6.05. The fourth-order valence-corrected chi connectivity index (χ4v) is 4.31. The van der Waals surface area contributed by atoms with Crippen molar-refractivity contribution < 1.29 is 22.7 Å². The minimum Gasteiger partial charge on any atom is -0.472 e. The molecule has 1 aliphatic heterocycles. The van der Waals surface area contributed by atoms with Crippen molar-refractivity contribution in [2.24, 2.45) is 0 Å². The van der Waals surface area contributed by atoms with Crippen LogP contribution in [0, 0.1) is 28.5 Å². The molecule has 2 atom stereocenters. The van der Waals surface area contributed by atoms with Crippen molar-refractivity contribution in [1.29, 1.82) is 10.5 Å². The minimum absolute atomic E-state index is 0.0821. The van der Waals surface area contributed by atoms with Crippen molar-refractivity contribution in [1.82, 2.24) is 15.2 Å². The molecular weight excluding hydrogens is 483 g/mol. The molecule has 4 rings (SSSR count). The van der Waals surface area contributed by atoms with E-state index in [1.165, 1.54) is 18.2 Å². The average molecular weight is 506 g/mol. The Hall–Kier alpha value is -4.41. The summed E-state index contributed by atoms with van der Waals surface area (Å²) in [6.45, 7) is 0.311. The number of likely N-dealkylation sites (tertiary alicyclic amines) is 1. The quantitative estimate of drug-likeness (QED) is 0.492. The SMILES string of the molecule is N#Cc1ccc(C(c2ccc(OCC(F)F)nc2)N2CC[C@@H](NC(=O)c3ccc(C#N)cc3F)C2)cc1. The zero-order valence-corrected chi connectivity index (χ0v) is 19.6. The van der Waals surface area contributed by atoms with E-state index >= 15 is 0 Å². The summed E-state index contributed by atoms with van der Waals surface area (Å²) in [7, 11) is 0. The van der Waals surface area contributed by atoms with Crippen molar-refractivity contribution in [2.75, 3.05) is 19.7 Å². The molecule has 2 heterocycles. The third-order valence-corrected chi connectivity index (χ3v) is 6.05. The summed E-state index contributed by atoms with van der Waals surface area (Å²) in [5, 5.41) is 20.9. The van der Waals surface area contributed by atoms with Gasteiger partial charge >= 0.3 is 0 Å². The van der Waals surface area contributed by atoms with Gasteiger partial charge in [-0.3, -0.25) is 9.69 Å². The Bertz CT molecular complexity index is 1330. The number of alkyl halides is 2. The van der Waals surface area contributed by atoms with Gasteiger partial charge in [-0.25, -0.2) is 18.2 Å². The number of carbonyl (C=O) groups is 1. The predicted molar refractivity (Wildman–Crippen MR) is 127 cm³/mol. The highest BCUT2D eigenvalue weighted by molar-refractivity contribution is 5.94. The maximum atomic E-state index is 14.3. The first kappa shape index (κ1) is 25.7. The van der Waals surface area contributed by atoms with Crippen molar-refractivity contribution in [2.45, 2.75) is 24.9 Å². The number of amides is 1. The van der Waals surface area contributed by atoms with Gasteiger partial charge in [0.05, 0.1) is 34.9 Å². The summed E-state index contributed by atoms with van der Waals surface area (Å²) in [6.07, 6.45) is -0.441. The number of nitriles is 2. The Labute approximate surface area is 211 Å². The molecule has 1 aliphatic rings. The fraction of sp³-hybridized carbons (Fsp3) is 0.259. The van der Waals surface area contributed by atoms with Gasteiger partial charge in [0.1, 0.15) is 5.82 Å². The molecule has 0 bridgehead atoms. The van der Waals surface area contributed by atoms with Gasteiger partial charge in [-0.15, -0.1) is 0 Å². The maximum absolute atomic E-state index is 14.3. The highest BCUT2D eigenvalue weighted by Crippen LogP contribution is 2.32. The maximum Gasteiger partial charge on any atom is 0.272 e. The number of carbonyl (C=O) groups excluding carboxylic acids is 1. The van der Waals surface area contributed by atoms with Crippen LogP contribution in [0.3, 0.4) is 0 Å². The number of rotatable bonds is 8. The molecular formula is C27H22F3N5O2. The number of hydrogen-bond donors (Lipinski definition) is 1. The molecule has 0 saturated carbocycles. The van der Waals surface area contributed by atoms with E-state index in [0.29, 0.717) is 25.1 Å². The van der Waals surface area contributed by atoms with E-state index in [2.05, 4.69) is 21.3 Å². The molecule has 0 spiro atoms. The number of nitrogens with one attached hydrogen (secondary N) is 1. The number of benzene rings is 2. The second kappa shape index (κ2) is 11.5. The second-order valence-electron chi connectivity index (χ2n) is 8.53. The van der Waals surface area contributed by atoms with Crippen LogP contribution in [-0.4, -0.2) is 48.0 Å². The Balaban J connectivity index is 1.52. The topological polar surface area (TPSA) is 102 Å². The van der Waals surface area contributed by atoms with Crippen LogP contribution in [0.25, 0.3) is 0 Å². The van der Waals surface area contributed by atoms with Gasteiger partial charge in [-0.1, -0.05) is 18.2 Å². The van der Waals surface area contributed by atoms with Gasteiger partial charge in [0.15, 0.2) is 6.61 Å². The normalized spacial score (nSPS) is 16.1. The number of ether oxygens (including phenoxy) is 1. The van der Waals surface area contributed by atoms with Crippen LogP contribution in [0.2, 0.25) is 0 Å². The zero-order valence-electron chi connectivity index (χ0n) is 19.6. The van der Waals surface area contributed by atoms with E-state index in [0.717, 1.165) is 17.2 Å². The molecule has 188 valence electrons. The van der Waals surface area contributed by atoms with Gasteiger partial charge in [-0.2, -0.15) is 10.5 Å². The van der Waals surface area contributed by atoms with Crippen molar-refractivity contribution in [3.05, 3.63) is 94.4 Å². The number of aromatic nitrogens is 1. The largest absolute Gasteiger partial charge is 0.472 e. The molecule has 1 fully saturated rings. The summed E-state index contributed by atoms with van der Waals surface area (Å²) >= 11 is 0. The fourth-order valence-electron chi connectivity index (χ4n) is 4.31. The number of halogens is 3. The van der Waals surface area contributed by atoms with Crippen LogP contribution in [0.15, 0.2) is 60.8 Å². The highest BCUT2D eigenvalue weighted by Gasteiger charge is 2.32. The van der Waals surface area contributed by atoms with E-state index < -0.39 is 24.8 Å². The van der Waals surface area contributed by atoms with Gasteiger partial charge in [0.25, 0.3) is 12.3 Å². The van der Waals surface area contributed by atoms with Crippen LogP contribution >= 0.6 is 0 Å². The zero-order chi connectivity index (χ0) is 26.4. The van der Waals surface area contributed by atoms with Gasteiger partial charge in [-0.05, 0) is 47.9 Å². The Morgan fingerprint density at radius 3 is 2.41 bits per heavy atom. The van der Waals surface area contributed by atoms with E-state index in [1.807, 2.05) is 18.2 Å². The third kappa shape index (κ3) is 6.24. The first-order valence-corrected chi connectivity index (χ1v) is 11.5. The Kier molecular flexibility index (Phi) is 8.02. The summed E-state index contributed by atoms with van der Waals surface area (Å²) in [4.78, 5) is 19.0. The second-order valence-corrected chi connectivity index (χ2v) is 8.53. The monoisotopic (exact) mass is 505 g/mol. The lowest BCUT2D eigenvalue weighted by atomic mass is 9.97. The molecule has 3 aromatic rings. The molecule has 0 radical (unpaired) electrons. The highest BCUT2D eigenvalue weighted by atomic mass is 19.3. The summed E-state index contributed by atoms with van der Waals surface area (Å²) < 4.78 is 44.2. The summed E-state index contributed by atoms with van der Waals surface area (Å²) in [5.41, 5.74) is 2.16. The molecule has 10 heteroatoms. The first-order chi connectivity index (χ1) is 17.9. The van der Waals surface area contributed by atoms with Crippen LogP contribution in [-0.2, 0) is 0 Å². The minimum atomic E-state index is -2.61. The molecule has 1 aromatic heterocycles.